The van der Waals surface area contributed by atoms with Gasteiger partial charge in [0.25, 0.3) is 0 Å². The molecule has 0 bridgehead atoms. The van der Waals surface area contributed by atoms with Gasteiger partial charge in [-0.05, 0) is 0 Å². The minimum absolute atomic E-state index is 0.178. The summed E-state index contributed by atoms with van der Waals surface area (Å²) >= 11 is 0. The average molecular weight is 179 g/mol. The van der Waals surface area contributed by atoms with E-state index in [9.17, 15) is 13.2 Å². The predicted octanol–water partition coefficient (Wildman–Crippen LogP) is 0.982. The summed E-state index contributed by atoms with van der Waals surface area (Å²) in [5, 5.41) is 0. The molecule has 0 aliphatic carbocycles. The maximum atomic E-state index is 12.0. The molecule has 6 heteroatoms. The van der Waals surface area contributed by atoms with Gasteiger partial charge in [0.1, 0.15) is 5.82 Å². The molecule has 0 radical (unpaired) electrons. The van der Waals surface area contributed by atoms with Gasteiger partial charge < -0.3 is 10.3 Å². The van der Waals surface area contributed by atoms with Gasteiger partial charge in [-0.3, -0.25) is 0 Å². The fraction of sp³-hybridized carbons (Fsp3) is 0.500. The smallest absolute Gasteiger partial charge is 0.336 e. The Kier molecular flexibility index (Phi) is 2.10. The first-order valence-electron chi connectivity index (χ1n) is 3.22. The fourth-order valence-electron chi connectivity index (χ4n) is 0.823. The Bertz CT molecular complexity index is 265. The van der Waals surface area contributed by atoms with Crippen LogP contribution in [0.2, 0.25) is 0 Å². The van der Waals surface area contributed by atoms with Crippen LogP contribution < -0.4 is 5.73 Å². The lowest BCUT2D eigenvalue weighted by atomic mass is 10.3. The van der Waals surface area contributed by atoms with Crippen molar-refractivity contribution in [2.24, 2.45) is 12.8 Å². The van der Waals surface area contributed by atoms with E-state index in [1.54, 1.807) is 0 Å². The molecule has 0 aliphatic rings. The van der Waals surface area contributed by atoms with Crippen molar-refractivity contribution in [3.05, 3.63) is 18.2 Å². The summed E-state index contributed by atoms with van der Waals surface area (Å²) in [6.07, 6.45) is -1.74. The van der Waals surface area contributed by atoms with Crippen molar-refractivity contribution in [1.29, 1.82) is 0 Å². The summed E-state index contributed by atoms with van der Waals surface area (Å²) in [7, 11) is 1.47. The highest BCUT2D eigenvalue weighted by Gasteiger charge is 2.40. The third-order valence-electron chi connectivity index (χ3n) is 1.49. The molecule has 0 amide bonds. The van der Waals surface area contributed by atoms with Gasteiger partial charge in [-0.15, -0.1) is 0 Å². The number of nitrogens with two attached hydrogens (primary N) is 1. The van der Waals surface area contributed by atoms with E-state index in [1.807, 2.05) is 0 Å². The minimum atomic E-state index is -4.43. The topological polar surface area (TPSA) is 43.8 Å². The lowest BCUT2D eigenvalue weighted by Gasteiger charge is -2.14. The quantitative estimate of drug-likeness (QED) is 0.698. The number of hydrogen-bond acceptors (Lipinski definition) is 2. The van der Waals surface area contributed by atoms with Crippen molar-refractivity contribution in [2.45, 2.75) is 12.2 Å². The summed E-state index contributed by atoms with van der Waals surface area (Å²) in [5.74, 6) is -0.178. The maximum absolute atomic E-state index is 12.0. The van der Waals surface area contributed by atoms with Crippen LogP contribution in [0.3, 0.4) is 0 Å². The monoisotopic (exact) mass is 179 g/mol. The van der Waals surface area contributed by atoms with Crippen molar-refractivity contribution >= 4 is 0 Å². The molecule has 0 spiro atoms. The Balaban J connectivity index is 2.92. The van der Waals surface area contributed by atoms with Crippen LogP contribution in [0.25, 0.3) is 0 Å². The first kappa shape index (κ1) is 9.05. The van der Waals surface area contributed by atoms with Gasteiger partial charge in [0.15, 0.2) is 6.04 Å². The summed E-state index contributed by atoms with van der Waals surface area (Å²) in [4.78, 5) is 3.50. The molecule has 3 nitrogen and oxygen atoms in total. The van der Waals surface area contributed by atoms with Gasteiger partial charge in [-0.25, -0.2) is 4.98 Å². The largest absolute Gasteiger partial charge is 0.410 e. The first-order valence-corrected chi connectivity index (χ1v) is 3.22. The molecule has 1 aromatic heterocycles. The van der Waals surface area contributed by atoms with E-state index in [0.717, 1.165) is 0 Å². The average Bonchev–Trinajstić information content (AvgIpc) is 2.31. The number of aromatic nitrogens is 2. The standard InChI is InChI=1S/C6H8F3N3/c1-12-3-2-11-5(12)4(10)6(7,8)9/h2-4H,10H2,1H3. The highest BCUT2D eigenvalue weighted by atomic mass is 19.4. The van der Waals surface area contributed by atoms with Crippen LogP contribution in [0, 0.1) is 0 Å². The highest BCUT2D eigenvalue weighted by molar-refractivity contribution is 5.00. The first-order chi connectivity index (χ1) is 5.43. The van der Waals surface area contributed by atoms with Gasteiger partial charge >= 0.3 is 6.18 Å². The Morgan fingerprint density at radius 3 is 2.50 bits per heavy atom. The van der Waals surface area contributed by atoms with Crippen LogP contribution in [0.15, 0.2) is 12.4 Å². The second-order valence-electron chi connectivity index (χ2n) is 2.42. The van der Waals surface area contributed by atoms with Gasteiger partial charge in [0.2, 0.25) is 0 Å². The van der Waals surface area contributed by atoms with Crippen molar-refractivity contribution in [3.63, 3.8) is 0 Å². The molecule has 0 saturated carbocycles. The molecular formula is C6H8F3N3. The SMILES string of the molecule is Cn1ccnc1C(N)C(F)(F)F. The fourth-order valence-corrected chi connectivity index (χ4v) is 0.823. The van der Waals surface area contributed by atoms with Gasteiger partial charge in [0.05, 0.1) is 0 Å². The summed E-state index contributed by atoms with van der Waals surface area (Å²) < 4.78 is 37.3. The lowest BCUT2D eigenvalue weighted by molar-refractivity contribution is -0.151. The molecule has 0 aliphatic heterocycles. The molecule has 1 rings (SSSR count). The molecule has 1 atom stereocenters. The van der Waals surface area contributed by atoms with Gasteiger partial charge in [-0.1, -0.05) is 0 Å². The number of nitrogens with zero attached hydrogens (tertiary/aromatic N) is 2. The molecule has 0 saturated heterocycles. The minimum Gasteiger partial charge on any atom is -0.336 e. The number of imidazole rings is 1. The number of aryl methyl sites for hydroxylation is 1. The molecule has 2 N–H and O–H groups in total. The molecule has 1 heterocycles. The van der Waals surface area contributed by atoms with Crippen LogP contribution in [0.4, 0.5) is 13.2 Å². The third kappa shape index (κ3) is 1.58. The van der Waals surface area contributed by atoms with Crippen molar-refractivity contribution < 1.29 is 13.2 Å². The lowest BCUT2D eigenvalue weighted by Crippen LogP contribution is -2.30. The zero-order valence-electron chi connectivity index (χ0n) is 6.34. The molecule has 1 aromatic rings. The van der Waals surface area contributed by atoms with Crippen molar-refractivity contribution in [2.75, 3.05) is 0 Å². The summed E-state index contributed by atoms with van der Waals surface area (Å²) in [6, 6.07) is -2.00. The molecule has 1 unspecified atom stereocenters. The maximum Gasteiger partial charge on any atom is 0.410 e. The van der Waals surface area contributed by atoms with Crippen LogP contribution in [-0.4, -0.2) is 15.7 Å². The van der Waals surface area contributed by atoms with E-state index >= 15 is 0 Å². The zero-order chi connectivity index (χ0) is 9.35. The van der Waals surface area contributed by atoms with Crippen molar-refractivity contribution in [1.82, 2.24) is 9.55 Å². The zero-order valence-corrected chi connectivity index (χ0v) is 6.34. The van der Waals surface area contributed by atoms with E-state index in [4.69, 9.17) is 5.73 Å². The van der Waals surface area contributed by atoms with Crippen LogP contribution >= 0.6 is 0 Å². The van der Waals surface area contributed by atoms with Gasteiger partial charge in [-0.2, -0.15) is 13.2 Å². The van der Waals surface area contributed by atoms with E-state index in [-0.39, 0.29) is 5.82 Å². The van der Waals surface area contributed by atoms with E-state index in [0.29, 0.717) is 0 Å². The summed E-state index contributed by atoms with van der Waals surface area (Å²) in [5.41, 5.74) is 4.91. The van der Waals surface area contributed by atoms with Gasteiger partial charge in [0, 0.05) is 19.4 Å². The summed E-state index contributed by atoms with van der Waals surface area (Å²) in [6.45, 7) is 0. The molecule has 12 heavy (non-hydrogen) atoms. The Labute approximate surface area is 67.0 Å². The Morgan fingerprint density at radius 1 is 1.58 bits per heavy atom. The molecule has 0 fully saturated rings. The van der Waals surface area contributed by atoms with Crippen LogP contribution in [0.1, 0.15) is 11.9 Å². The van der Waals surface area contributed by atoms with Crippen LogP contribution in [0.5, 0.6) is 0 Å². The number of hydrogen-bond donors (Lipinski definition) is 1. The Morgan fingerprint density at radius 2 is 2.17 bits per heavy atom. The normalized spacial score (nSPS) is 14.8. The third-order valence-corrected chi connectivity index (χ3v) is 1.49. The van der Waals surface area contributed by atoms with E-state index in [2.05, 4.69) is 4.98 Å². The number of alkyl halides is 3. The van der Waals surface area contributed by atoms with E-state index < -0.39 is 12.2 Å². The molecular weight excluding hydrogens is 171 g/mol. The number of rotatable bonds is 1. The highest BCUT2D eigenvalue weighted by Crippen LogP contribution is 2.28. The molecule has 0 aromatic carbocycles. The molecule has 68 valence electrons. The van der Waals surface area contributed by atoms with Crippen LogP contribution in [-0.2, 0) is 7.05 Å². The second kappa shape index (κ2) is 2.78. The second-order valence-corrected chi connectivity index (χ2v) is 2.42. The Hall–Kier alpha value is -1.04. The number of halogens is 3. The predicted molar refractivity (Wildman–Crippen MR) is 36.2 cm³/mol. The van der Waals surface area contributed by atoms with E-state index in [1.165, 1.54) is 24.0 Å². The van der Waals surface area contributed by atoms with Crippen molar-refractivity contribution in [3.8, 4) is 0 Å².